The topological polar surface area (TPSA) is 61.4 Å². The Morgan fingerprint density at radius 1 is 1.18 bits per heavy atom. The van der Waals surface area contributed by atoms with Gasteiger partial charge in [-0.1, -0.05) is 43.2 Å². The Bertz CT molecular complexity index is 804. The first-order valence-corrected chi connectivity index (χ1v) is 12.9. The fourth-order valence-electron chi connectivity index (χ4n) is 5.63. The van der Waals surface area contributed by atoms with Gasteiger partial charge in [0.1, 0.15) is 5.54 Å². The van der Waals surface area contributed by atoms with E-state index >= 15 is 0 Å². The number of allylic oxidation sites excluding steroid dienone is 1. The molecule has 2 aliphatic rings. The smallest absolute Gasteiger partial charge is 0.246 e. The lowest BCUT2D eigenvalue weighted by atomic mass is 9.67. The molecule has 1 saturated carbocycles. The third-order valence-electron chi connectivity index (χ3n) is 7.53. The van der Waals surface area contributed by atoms with Gasteiger partial charge in [0.2, 0.25) is 11.8 Å². The van der Waals surface area contributed by atoms with E-state index in [1.54, 1.807) is 0 Å². The summed E-state index contributed by atoms with van der Waals surface area (Å²) in [6.07, 6.45) is 8.65. The fourth-order valence-corrected chi connectivity index (χ4v) is 5.75. The number of nitrogens with zero attached hydrogens (tertiary/aromatic N) is 1. The van der Waals surface area contributed by atoms with E-state index in [0.717, 1.165) is 63.2 Å². The van der Waals surface area contributed by atoms with Gasteiger partial charge in [0.15, 0.2) is 0 Å². The summed E-state index contributed by atoms with van der Waals surface area (Å²) in [5.74, 6) is 0.704. The standard InChI is InChI=1S/C27H40ClN3O2/c1-4-6-15-29-26(33)27(30-20(3)32)18-21(5-2)7-10-24(27)19-31-16-13-23(14-17-31)22-8-11-25(28)12-9-22/h5,8-9,11-12,21,23-24H,2,4,6-7,10,13-19H2,1,3H3,(H,29,33)(H,30,32)/t21-,24+,27-/m1/s1. The first-order chi connectivity index (χ1) is 15.9. The fraction of sp³-hybridized carbons (Fsp3) is 0.630. The molecular weight excluding hydrogens is 434 g/mol. The van der Waals surface area contributed by atoms with E-state index in [1.165, 1.54) is 12.5 Å². The Balaban J connectivity index is 1.71. The summed E-state index contributed by atoms with van der Waals surface area (Å²) < 4.78 is 0. The van der Waals surface area contributed by atoms with Crippen molar-refractivity contribution in [1.82, 2.24) is 15.5 Å². The lowest BCUT2D eigenvalue weighted by molar-refractivity contribution is -0.138. The maximum atomic E-state index is 13.5. The number of rotatable bonds is 9. The van der Waals surface area contributed by atoms with Crippen molar-refractivity contribution in [2.75, 3.05) is 26.2 Å². The first-order valence-electron chi connectivity index (χ1n) is 12.5. The number of hydrogen-bond donors (Lipinski definition) is 2. The molecule has 2 N–H and O–H groups in total. The predicted octanol–water partition coefficient (Wildman–Crippen LogP) is 4.91. The quantitative estimate of drug-likeness (QED) is 0.395. The number of unbranched alkanes of at least 4 members (excludes halogenated alkanes) is 1. The second kappa shape index (κ2) is 12.0. The normalized spacial score (nSPS) is 26.5. The van der Waals surface area contributed by atoms with Gasteiger partial charge in [0.05, 0.1) is 0 Å². The van der Waals surface area contributed by atoms with Crippen molar-refractivity contribution < 1.29 is 9.59 Å². The van der Waals surface area contributed by atoms with Crippen LogP contribution in [0.4, 0.5) is 0 Å². The van der Waals surface area contributed by atoms with Crippen LogP contribution in [0, 0.1) is 11.8 Å². The van der Waals surface area contributed by atoms with Crippen molar-refractivity contribution in [2.45, 2.75) is 70.3 Å². The molecule has 3 rings (SSSR count). The molecule has 1 saturated heterocycles. The van der Waals surface area contributed by atoms with Gasteiger partial charge in [-0.3, -0.25) is 9.59 Å². The molecule has 2 amide bonds. The lowest BCUT2D eigenvalue weighted by Crippen LogP contribution is -2.66. The number of nitrogens with one attached hydrogen (secondary N) is 2. The molecule has 1 aromatic rings. The molecule has 1 aliphatic heterocycles. The Morgan fingerprint density at radius 3 is 2.48 bits per heavy atom. The maximum Gasteiger partial charge on any atom is 0.246 e. The van der Waals surface area contributed by atoms with Crippen LogP contribution < -0.4 is 10.6 Å². The molecule has 0 radical (unpaired) electrons. The lowest BCUT2D eigenvalue weighted by Gasteiger charge is -2.47. The van der Waals surface area contributed by atoms with Crippen LogP contribution in [0.15, 0.2) is 36.9 Å². The van der Waals surface area contributed by atoms with Crippen molar-refractivity contribution >= 4 is 23.4 Å². The monoisotopic (exact) mass is 473 g/mol. The van der Waals surface area contributed by atoms with Crippen LogP contribution >= 0.6 is 11.6 Å². The summed E-state index contributed by atoms with van der Waals surface area (Å²) in [5, 5.41) is 7.03. The average molecular weight is 474 g/mol. The maximum absolute atomic E-state index is 13.5. The van der Waals surface area contributed by atoms with Crippen LogP contribution in [0.1, 0.15) is 70.3 Å². The number of likely N-dealkylation sites (tertiary alicyclic amines) is 1. The summed E-state index contributed by atoms with van der Waals surface area (Å²) in [4.78, 5) is 28.3. The largest absolute Gasteiger partial charge is 0.354 e. The van der Waals surface area contributed by atoms with Crippen molar-refractivity contribution in [1.29, 1.82) is 0 Å². The Morgan fingerprint density at radius 2 is 1.88 bits per heavy atom. The van der Waals surface area contributed by atoms with Gasteiger partial charge in [0, 0.05) is 31.0 Å². The molecule has 0 unspecified atom stereocenters. The van der Waals surface area contributed by atoms with E-state index in [0.29, 0.717) is 18.9 Å². The van der Waals surface area contributed by atoms with Crippen LogP contribution in [0.3, 0.4) is 0 Å². The van der Waals surface area contributed by atoms with Crippen LogP contribution in [0.2, 0.25) is 5.02 Å². The first kappa shape index (κ1) is 25.8. The van der Waals surface area contributed by atoms with Crippen LogP contribution in [0.5, 0.6) is 0 Å². The summed E-state index contributed by atoms with van der Waals surface area (Å²) in [7, 11) is 0. The number of hydrogen-bond acceptors (Lipinski definition) is 3. The highest BCUT2D eigenvalue weighted by molar-refractivity contribution is 6.30. The van der Waals surface area contributed by atoms with Gasteiger partial charge >= 0.3 is 0 Å². The molecule has 1 heterocycles. The summed E-state index contributed by atoms with van der Waals surface area (Å²) >= 11 is 6.05. The summed E-state index contributed by atoms with van der Waals surface area (Å²) in [6.45, 7) is 11.1. The number of piperidine rings is 1. The Kier molecular flexibility index (Phi) is 9.39. The number of halogens is 1. The van der Waals surface area contributed by atoms with E-state index in [1.807, 2.05) is 18.2 Å². The predicted molar refractivity (Wildman–Crippen MR) is 135 cm³/mol. The molecule has 0 spiro atoms. The SMILES string of the molecule is C=C[C@@H]1CC[C@@H](CN2CCC(c3ccc(Cl)cc3)CC2)[C@@](NC(C)=O)(C(=O)NCCCC)C1. The third-order valence-corrected chi connectivity index (χ3v) is 7.78. The zero-order valence-electron chi connectivity index (χ0n) is 20.2. The van der Waals surface area contributed by atoms with Gasteiger partial charge < -0.3 is 15.5 Å². The minimum Gasteiger partial charge on any atom is -0.354 e. The molecule has 0 aromatic heterocycles. The highest BCUT2D eigenvalue weighted by atomic mass is 35.5. The zero-order valence-corrected chi connectivity index (χ0v) is 21.0. The van der Waals surface area contributed by atoms with Crippen LogP contribution in [-0.2, 0) is 9.59 Å². The van der Waals surface area contributed by atoms with E-state index in [4.69, 9.17) is 11.6 Å². The number of amides is 2. The molecule has 6 heteroatoms. The highest BCUT2D eigenvalue weighted by Crippen LogP contribution is 2.40. The minimum absolute atomic E-state index is 0.0289. The van der Waals surface area contributed by atoms with Crippen molar-refractivity contribution in [3.8, 4) is 0 Å². The van der Waals surface area contributed by atoms with Crippen LogP contribution in [-0.4, -0.2) is 48.4 Å². The van der Waals surface area contributed by atoms with E-state index in [-0.39, 0.29) is 23.7 Å². The molecule has 0 bridgehead atoms. The van der Waals surface area contributed by atoms with Crippen LogP contribution in [0.25, 0.3) is 0 Å². The number of carbonyl (C=O) groups is 2. The minimum atomic E-state index is -0.871. The van der Waals surface area contributed by atoms with Gasteiger partial charge in [-0.25, -0.2) is 0 Å². The van der Waals surface area contributed by atoms with Gasteiger partial charge in [0.25, 0.3) is 0 Å². The van der Waals surface area contributed by atoms with Crippen molar-refractivity contribution in [3.63, 3.8) is 0 Å². The zero-order chi connectivity index (χ0) is 23.8. The molecule has 182 valence electrons. The second-order valence-corrected chi connectivity index (χ2v) is 10.3. The molecule has 3 atom stereocenters. The molecular formula is C27H40ClN3O2. The Labute approximate surface area is 204 Å². The van der Waals surface area contributed by atoms with E-state index < -0.39 is 5.54 Å². The van der Waals surface area contributed by atoms with Gasteiger partial charge in [-0.15, -0.1) is 6.58 Å². The Hall–Kier alpha value is -1.85. The highest BCUT2D eigenvalue weighted by Gasteiger charge is 2.50. The average Bonchev–Trinajstić information content (AvgIpc) is 2.81. The molecule has 33 heavy (non-hydrogen) atoms. The molecule has 1 aliphatic carbocycles. The van der Waals surface area contributed by atoms with E-state index in [2.05, 4.69) is 41.2 Å². The number of benzene rings is 1. The summed E-state index contributed by atoms with van der Waals surface area (Å²) in [6, 6.07) is 8.23. The second-order valence-electron chi connectivity index (χ2n) is 9.86. The van der Waals surface area contributed by atoms with Crippen molar-refractivity contribution in [2.24, 2.45) is 11.8 Å². The third kappa shape index (κ3) is 6.60. The van der Waals surface area contributed by atoms with E-state index in [9.17, 15) is 9.59 Å². The van der Waals surface area contributed by atoms with Crippen molar-refractivity contribution in [3.05, 3.63) is 47.5 Å². The molecule has 1 aromatic carbocycles. The molecule has 2 fully saturated rings. The van der Waals surface area contributed by atoms with Gasteiger partial charge in [-0.05, 0) is 81.1 Å². The summed E-state index contributed by atoms with van der Waals surface area (Å²) in [5.41, 5.74) is 0.484. The van der Waals surface area contributed by atoms with Gasteiger partial charge in [-0.2, -0.15) is 0 Å². The molecule has 5 nitrogen and oxygen atoms in total. The number of carbonyl (C=O) groups excluding carboxylic acids is 2.